The molecule has 0 spiro atoms. The van der Waals surface area contributed by atoms with E-state index in [1.165, 1.54) is 0 Å². The molecular formula is C12H23N3O2. The van der Waals surface area contributed by atoms with Crippen molar-refractivity contribution >= 4 is 0 Å². The summed E-state index contributed by atoms with van der Waals surface area (Å²) in [6, 6.07) is 0. The van der Waals surface area contributed by atoms with Gasteiger partial charge >= 0.3 is 0 Å². The smallest absolute Gasteiger partial charge is 0.138 e. The van der Waals surface area contributed by atoms with Gasteiger partial charge in [0.2, 0.25) is 0 Å². The molecule has 1 heterocycles. The van der Waals surface area contributed by atoms with Crippen LogP contribution in [0.4, 0.5) is 0 Å². The van der Waals surface area contributed by atoms with Crippen molar-refractivity contribution in [2.24, 2.45) is 0 Å². The Labute approximate surface area is 103 Å². The molecule has 5 nitrogen and oxygen atoms in total. The molecule has 0 fully saturated rings. The van der Waals surface area contributed by atoms with Gasteiger partial charge in [0.1, 0.15) is 12.2 Å². The summed E-state index contributed by atoms with van der Waals surface area (Å²) in [6.07, 6.45) is 3.22. The number of nitrogens with zero attached hydrogens (tertiary/aromatic N) is 3. The number of aromatic nitrogens is 3. The highest BCUT2D eigenvalue weighted by Gasteiger charge is 2.20. The van der Waals surface area contributed by atoms with E-state index in [1.54, 1.807) is 6.33 Å². The zero-order chi connectivity index (χ0) is 12.7. The molecule has 0 radical (unpaired) electrons. The first kappa shape index (κ1) is 14.1. The predicted octanol–water partition coefficient (Wildman–Crippen LogP) is 1.41. The summed E-state index contributed by atoms with van der Waals surface area (Å²) in [5, 5.41) is 14.2. The molecular weight excluding hydrogens is 218 g/mol. The van der Waals surface area contributed by atoms with Crippen LogP contribution in [0.15, 0.2) is 6.33 Å². The van der Waals surface area contributed by atoms with Gasteiger partial charge in [0.25, 0.3) is 0 Å². The molecule has 0 saturated heterocycles. The fourth-order valence-electron chi connectivity index (χ4n) is 1.88. The number of hydrogen-bond donors (Lipinski definition) is 1. The van der Waals surface area contributed by atoms with Crippen molar-refractivity contribution in [3.63, 3.8) is 0 Å². The van der Waals surface area contributed by atoms with Crippen LogP contribution in [0.3, 0.4) is 0 Å². The second-order valence-electron chi connectivity index (χ2n) is 4.07. The number of ether oxygens (including phenoxy) is 1. The van der Waals surface area contributed by atoms with Gasteiger partial charge in [-0.25, -0.2) is 4.98 Å². The molecule has 1 aromatic rings. The lowest BCUT2D eigenvalue weighted by molar-refractivity contribution is -0.0345. The van der Waals surface area contributed by atoms with Gasteiger partial charge in [-0.05, 0) is 19.8 Å². The van der Waals surface area contributed by atoms with Crippen LogP contribution in [-0.2, 0) is 17.7 Å². The zero-order valence-corrected chi connectivity index (χ0v) is 11.0. The van der Waals surface area contributed by atoms with Crippen LogP contribution < -0.4 is 0 Å². The lowest BCUT2D eigenvalue weighted by atomic mass is 10.1. The maximum atomic E-state index is 10.1. The minimum atomic E-state index is -0.514. The Bertz CT molecular complexity index is 314. The largest absolute Gasteiger partial charge is 0.390 e. The highest BCUT2D eigenvalue weighted by Crippen LogP contribution is 2.10. The van der Waals surface area contributed by atoms with Gasteiger partial charge in [-0.3, -0.25) is 4.68 Å². The number of aryl methyl sites for hydroxylation is 1. The Morgan fingerprint density at radius 2 is 2.18 bits per heavy atom. The van der Waals surface area contributed by atoms with Crippen LogP contribution in [0.2, 0.25) is 0 Å². The molecule has 0 aliphatic carbocycles. The molecule has 0 amide bonds. The maximum Gasteiger partial charge on any atom is 0.138 e. The average molecular weight is 241 g/mol. The fourth-order valence-corrected chi connectivity index (χ4v) is 1.88. The summed E-state index contributed by atoms with van der Waals surface area (Å²) in [4.78, 5) is 4.19. The van der Waals surface area contributed by atoms with Crippen molar-refractivity contribution in [1.82, 2.24) is 14.8 Å². The monoisotopic (exact) mass is 241 g/mol. The molecule has 0 bridgehead atoms. The van der Waals surface area contributed by atoms with Gasteiger partial charge in [-0.2, -0.15) is 5.10 Å². The lowest BCUT2D eigenvalue weighted by Gasteiger charge is -2.21. The van der Waals surface area contributed by atoms with Gasteiger partial charge in [0.05, 0.1) is 12.2 Å². The van der Waals surface area contributed by atoms with Gasteiger partial charge in [-0.15, -0.1) is 0 Å². The fraction of sp³-hybridized carbons (Fsp3) is 0.833. The summed E-state index contributed by atoms with van der Waals surface area (Å²) in [5.41, 5.74) is 0. The third-order valence-electron chi connectivity index (χ3n) is 2.74. The first-order valence-electron chi connectivity index (χ1n) is 6.39. The number of rotatable bonds is 8. The van der Waals surface area contributed by atoms with Crippen LogP contribution in [0.5, 0.6) is 0 Å². The van der Waals surface area contributed by atoms with Gasteiger partial charge in [0.15, 0.2) is 0 Å². The van der Waals surface area contributed by atoms with E-state index in [2.05, 4.69) is 17.0 Å². The molecule has 0 aliphatic rings. The summed E-state index contributed by atoms with van der Waals surface area (Å²) in [7, 11) is 0. The minimum Gasteiger partial charge on any atom is -0.390 e. The Hall–Kier alpha value is -0.940. The van der Waals surface area contributed by atoms with Crippen LogP contribution in [0.1, 0.15) is 39.4 Å². The van der Waals surface area contributed by atoms with Crippen molar-refractivity contribution in [3.05, 3.63) is 12.2 Å². The van der Waals surface area contributed by atoms with Crippen molar-refractivity contribution in [2.45, 2.75) is 58.8 Å². The first-order chi connectivity index (χ1) is 8.22. The molecule has 1 rings (SSSR count). The van der Waals surface area contributed by atoms with Gasteiger partial charge in [-0.1, -0.05) is 13.8 Å². The molecule has 2 unspecified atom stereocenters. The Balaban J connectivity index is 2.59. The van der Waals surface area contributed by atoms with E-state index in [0.717, 1.165) is 25.2 Å². The molecule has 0 saturated carbocycles. The molecule has 1 aromatic heterocycles. The van der Waals surface area contributed by atoms with Gasteiger partial charge < -0.3 is 9.84 Å². The molecule has 17 heavy (non-hydrogen) atoms. The maximum absolute atomic E-state index is 10.1. The molecule has 2 atom stereocenters. The quantitative estimate of drug-likeness (QED) is 0.747. The van der Waals surface area contributed by atoms with E-state index in [9.17, 15) is 5.11 Å². The Morgan fingerprint density at radius 3 is 2.76 bits per heavy atom. The van der Waals surface area contributed by atoms with Crippen LogP contribution >= 0.6 is 0 Å². The van der Waals surface area contributed by atoms with Crippen LogP contribution in [0.25, 0.3) is 0 Å². The van der Waals surface area contributed by atoms with Crippen LogP contribution in [-0.4, -0.2) is 38.7 Å². The van der Waals surface area contributed by atoms with Crippen molar-refractivity contribution in [1.29, 1.82) is 0 Å². The van der Waals surface area contributed by atoms with E-state index in [-0.39, 0.29) is 6.10 Å². The Kier molecular flexibility index (Phi) is 6.15. The summed E-state index contributed by atoms with van der Waals surface area (Å²) in [6.45, 7) is 7.51. The van der Waals surface area contributed by atoms with E-state index in [4.69, 9.17) is 4.74 Å². The Morgan fingerprint density at radius 1 is 1.41 bits per heavy atom. The van der Waals surface area contributed by atoms with E-state index in [0.29, 0.717) is 13.0 Å². The summed E-state index contributed by atoms with van der Waals surface area (Å²) >= 11 is 0. The topological polar surface area (TPSA) is 60.2 Å². The second kappa shape index (κ2) is 7.40. The summed E-state index contributed by atoms with van der Waals surface area (Å²) < 4.78 is 7.34. The van der Waals surface area contributed by atoms with Crippen molar-refractivity contribution in [3.8, 4) is 0 Å². The highest BCUT2D eigenvalue weighted by atomic mass is 16.5. The van der Waals surface area contributed by atoms with Crippen LogP contribution in [0, 0.1) is 0 Å². The van der Waals surface area contributed by atoms with E-state index >= 15 is 0 Å². The van der Waals surface area contributed by atoms with E-state index < -0.39 is 6.10 Å². The standard InChI is InChI=1S/C12H23N3O2/c1-4-7-15-12(13-9-14-15)8-10(16)11(5-2)17-6-3/h9-11,16H,4-8H2,1-3H3. The normalized spacial score (nSPS) is 14.8. The third-order valence-corrected chi connectivity index (χ3v) is 2.74. The van der Waals surface area contributed by atoms with Crippen molar-refractivity contribution < 1.29 is 9.84 Å². The average Bonchev–Trinajstić information content (AvgIpc) is 2.74. The third kappa shape index (κ3) is 4.09. The number of hydrogen-bond acceptors (Lipinski definition) is 4. The van der Waals surface area contributed by atoms with Crippen molar-refractivity contribution in [2.75, 3.05) is 6.61 Å². The predicted molar refractivity (Wildman–Crippen MR) is 65.7 cm³/mol. The summed E-state index contributed by atoms with van der Waals surface area (Å²) in [5.74, 6) is 0.831. The second-order valence-corrected chi connectivity index (χ2v) is 4.07. The molecule has 5 heteroatoms. The number of aliphatic hydroxyl groups is 1. The number of aliphatic hydroxyl groups excluding tert-OH is 1. The molecule has 0 aromatic carbocycles. The van der Waals surface area contributed by atoms with Gasteiger partial charge in [0, 0.05) is 19.6 Å². The zero-order valence-electron chi connectivity index (χ0n) is 11.0. The SMILES string of the molecule is CCCn1ncnc1CC(O)C(CC)OCC. The lowest BCUT2D eigenvalue weighted by Crippen LogP contribution is -2.31. The molecule has 98 valence electrons. The first-order valence-corrected chi connectivity index (χ1v) is 6.39. The molecule has 1 N–H and O–H groups in total. The minimum absolute atomic E-state index is 0.119. The van der Waals surface area contributed by atoms with E-state index in [1.807, 2.05) is 18.5 Å². The highest BCUT2D eigenvalue weighted by molar-refractivity contribution is 4.89. The molecule has 0 aliphatic heterocycles.